The lowest BCUT2D eigenvalue weighted by molar-refractivity contribution is -0.00289. The fourth-order valence-corrected chi connectivity index (χ4v) is 5.81. The van der Waals surface area contributed by atoms with Crippen molar-refractivity contribution >= 4 is 0 Å². The first-order chi connectivity index (χ1) is 17.1. The smallest absolute Gasteiger partial charge is 0.201 e. The fourth-order valence-electron chi connectivity index (χ4n) is 5.81. The van der Waals surface area contributed by atoms with E-state index in [4.69, 9.17) is 9.47 Å². The molecule has 0 unspecified atom stereocenters. The highest BCUT2D eigenvalue weighted by molar-refractivity contribution is 5.34. The number of hydrogen-bond donors (Lipinski definition) is 0. The third kappa shape index (κ3) is 6.73. The molecule has 35 heavy (non-hydrogen) atoms. The SMILES string of the molecule is C/C=C/Oc1ccc(C2CCC(OCC3CCC(c4ccc(CCC)cc4)CC3)CC2)c(F)c1F. The first-order valence-electron chi connectivity index (χ1n) is 13.5. The van der Waals surface area contributed by atoms with E-state index in [1.807, 2.05) is 0 Å². The van der Waals surface area contributed by atoms with Crippen LogP contribution < -0.4 is 4.74 Å². The summed E-state index contributed by atoms with van der Waals surface area (Å²) in [5.41, 5.74) is 3.40. The van der Waals surface area contributed by atoms with E-state index in [-0.39, 0.29) is 17.8 Å². The molecule has 2 nitrogen and oxygen atoms in total. The van der Waals surface area contributed by atoms with E-state index >= 15 is 0 Å². The van der Waals surface area contributed by atoms with Crippen molar-refractivity contribution in [1.29, 1.82) is 0 Å². The van der Waals surface area contributed by atoms with Gasteiger partial charge in [-0.05, 0) is 105 Å². The summed E-state index contributed by atoms with van der Waals surface area (Å²) in [6.45, 7) is 4.82. The number of allylic oxidation sites excluding steroid dienone is 1. The molecular formula is C31H40F2O2. The van der Waals surface area contributed by atoms with Gasteiger partial charge in [-0.2, -0.15) is 4.39 Å². The van der Waals surface area contributed by atoms with E-state index in [0.29, 0.717) is 17.4 Å². The summed E-state index contributed by atoms with van der Waals surface area (Å²) in [5, 5.41) is 0. The Morgan fingerprint density at radius 3 is 2.17 bits per heavy atom. The number of aryl methyl sites for hydroxylation is 1. The van der Waals surface area contributed by atoms with Gasteiger partial charge >= 0.3 is 0 Å². The van der Waals surface area contributed by atoms with Crippen molar-refractivity contribution in [3.63, 3.8) is 0 Å². The molecule has 2 fully saturated rings. The summed E-state index contributed by atoms with van der Waals surface area (Å²) >= 11 is 0. The lowest BCUT2D eigenvalue weighted by Gasteiger charge is -2.32. The summed E-state index contributed by atoms with van der Waals surface area (Å²) < 4.78 is 40.5. The highest BCUT2D eigenvalue weighted by Crippen LogP contribution is 2.39. The molecule has 0 N–H and O–H groups in total. The van der Waals surface area contributed by atoms with Crippen molar-refractivity contribution < 1.29 is 18.3 Å². The maximum atomic E-state index is 14.7. The molecule has 2 aliphatic carbocycles. The second kappa shape index (κ2) is 12.7. The van der Waals surface area contributed by atoms with Crippen LogP contribution in [0.25, 0.3) is 0 Å². The zero-order valence-corrected chi connectivity index (χ0v) is 21.3. The van der Waals surface area contributed by atoms with Crippen molar-refractivity contribution in [2.75, 3.05) is 6.61 Å². The molecule has 0 aromatic heterocycles. The molecule has 0 heterocycles. The van der Waals surface area contributed by atoms with Crippen LogP contribution >= 0.6 is 0 Å². The molecule has 0 bridgehead atoms. The van der Waals surface area contributed by atoms with E-state index in [1.165, 1.54) is 55.6 Å². The second-order valence-corrected chi connectivity index (χ2v) is 10.4. The van der Waals surface area contributed by atoms with Crippen LogP contribution in [0, 0.1) is 17.6 Å². The largest absolute Gasteiger partial charge is 0.462 e. The molecular weight excluding hydrogens is 442 g/mol. The van der Waals surface area contributed by atoms with E-state index in [1.54, 1.807) is 19.1 Å². The van der Waals surface area contributed by atoms with Gasteiger partial charge in [0.15, 0.2) is 11.6 Å². The van der Waals surface area contributed by atoms with E-state index in [2.05, 4.69) is 31.2 Å². The monoisotopic (exact) mass is 482 g/mol. The van der Waals surface area contributed by atoms with Crippen LogP contribution in [0.15, 0.2) is 48.7 Å². The standard InChI is InChI=1S/C31H40F2O2/c1-3-5-22-6-10-24(11-7-22)25-12-8-23(9-13-25)21-35-27-16-14-26(15-17-27)28-18-19-29(34-20-4-2)31(33)30(28)32/h4,6-7,10-11,18-20,23,25-27H,3,5,8-9,12-17,21H2,1-2H3/b20-4+. The summed E-state index contributed by atoms with van der Waals surface area (Å²) in [5.74, 6) is -0.370. The lowest BCUT2D eigenvalue weighted by Crippen LogP contribution is -2.25. The topological polar surface area (TPSA) is 18.5 Å². The molecule has 190 valence electrons. The maximum Gasteiger partial charge on any atom is 0.201 e. The van der Waals surface area contributed by atoms with Gasteiger partial charge in [0, 0.05) is 6.61 Å². The Morgan fingerprint density at radius 2 is 1.51 bits per heavy atom. The quantitative estimate of drug-likeness (QED) is 0.332. The minimum Gasteiger partial charge on any atom is -0.462 e. The number of halogens is 2. The van der Waals surface area contributed by atoms with Gasteiger partial charge in [-0.25, -0.2) is 4.39 Å². The van der Waals surface area contributed by atoms with Crippen LogP contribution in [-0.2, 0) is 11.2 Å². The van der Waals surface area contributed by atoms with Crippen LogP contribution in [0.3, 0.4) is 0 Å². The zero-order chi connectivity index (χ0) is 24.6. The van der Waals surface area contributed by atoms with Gasteiger partial charge in [-0.15, -0.1) is 0 Å². The third-order valence-electron chi connectivity index (χ3n) is 7.93. The van der Waals surface area contributed by atoms with E-state index < -0.39 is 11.6 Å². The zero-order valence-electron chi connectivity index (χ0n) is 21.3. The summed E-state index contributed by atoms with van der Waals surface area (Å²) in [6.07, 6.45) is 14.0. The fraction of sp³-hybridized carbons (Fsp3) is 0.548. The predicted molar refractivity (Wildman–Crippen MR) is 138 cm³/mol. The van der Waals surface area contributed by atoms with Crippen LogP contribution in [0.2, 0.25) is 0 Å². The maximum absolute atomic E-state index is 14.7. The molecule has 2 saturated carbocycles. The Bertz CT molecular complexity index is 953. The molecule has 0 aliphatic heterocycles. The molecule has 2 aromatic carbocycles. The highest BCUT2D eigenvalue weighted by atomic mass is 19.2. The summed E-state index contributed by atoms with van der Waals surface area (Å²) in [6, 6.07) is 12.5. The van der Waals surface area contributed by atoms with Crippen molar-refractivity contribution in [3.8, 4) is 5.75 Å². The van der Waals surface area contributed by atoms with Crippen LogP contribution in [0.5, 0.6) is 5.75 Å². The van der Waals surface area contributed by atoms with Crippen molar-refractivity contribution in [2.24, 2.45) is 5.92 Å². The minimum atomic E-state index is -0.897. The molecule has 0 saturated heterocycles. The lowest BCUT2D eigenvalue weighted by atomic mass is 9.78. The summed E-state index contributed by atoms with van der Waals surface area (Å²) in [7, 11) is 0. The number of benzene rings is 2. The Balaban J connectivity index is 1.19. The van der Waals surface area contributed by atoms with Gasteiger partial charge in [0.05, 0.1) is 12.4 Å². The molecule has 0 spiro atoms. The Morgan fingerprint density at radius 1 is 0.829 bits per heavy atom. The van der Waals surface area contributed by atoms with E-state index in [0.717, 1.165) is 38.7 Å². The molecule has 4 heteroatoms. The summed E-state index contributed by atoms with van der Waals surface area (Å²) in [4.78, 5) is 0. The average Bonchev–Trinajstić information content (AvgIpc) is 2.90. The highest BCUT2D eigenvalue weighted by Gasteiger charge is 2.28. The molecule has 0 amide bonds. The van der Waals surface area contributed by atoms with Crippen LogP contribution in [-0.4, -0.2) is 12.7 Å². The molecule has 2 aromatic rings. The second-order valence-electron chi connectivity index (χ2n) is 10.4. The van der Waals surface area contributed by atoms with Gasteiger partial charge in [0.25, 0.3) is 0 Å². The molecule has 0 radical (unpaired) electrons. The van der Waals surface area contributed by atoms with Gasteiger partial charge in [-0.3, -0.25) is 0 Å². The van der Waals surface area contributed by atoms with Gasteiger partial charge in [0.2, 0.25) is 5.82 Å². The van der Waals surface area contributed by atoms with Gasteiger partial charge in [-0.1, -0.05) is 49.8 Å². The van der Waals surface area contributed by atoms with E-state index in [9.17, 15) is 8.78 Å². The normalized spacial score (nSPS) is 25.1. The van der Waals surface area contributed by atoms with Crippen LogP contribution in [0.4, 0.5) is 8.78 Å². The number of hydrogen-bond acceptors (Lipinski definition) is 2. The number of rotatable bonds is 9. The predicted octanol–water partition coefficient (Wildman–Crippen LogP) is 8.85. The van der Waals surface area contributed by atoms with Crippen molar-refractivity contribution in [3.05, 3.63) is 77.1 Å². The molecule has 4 rings (SSSR count). The Kier molecular flexibility index (Phi) is 9.37. The van der Waals surface area contributed by atoms with Crippen LogP contribution in [0.1, 0.15) is 100 Å². The molecule has 2 aliphatic rings. The third-order valence-corrected chi connectivity index (χ3v) is 7.93. The first-order valence-corrected chi connectivity index (χ1v) is 13.5. The first kappa shape index (κ1) is 25.9. The minimum absolute atomic E-state index is 0.0410. The average molecular weight is 483 g/mol. The molecule has 0 atom stereocenters. The van der Waals surface area contributed by atoms with Gasteiger partial charge < -0.3 is 9.47 Å². The van der Waals surface area contributed by atoms with Crippen molar-refractivity contribution in [1.82, 2.24) is 0 Å². The Hall–Kier alpha value is -2.20. The van der Waals surface area contributed by atoms with Crippen molar-refractivity contribution in [2.45, 2.75) is 96.0 Å². The Labute approximate surface area is 209 Å². The van der Waals surface area contributed by atoms with Gasteiger partial charge in [0.1, 0.15) is 0 Å². The number of ether oxygens (including phenoxy) is 2.